The molecule has 4 heterocycles. The summed E-state index contributed by atoms with van der Waals surface area (Å²) in [5.74, 6) is -2.01. The fourth-order valence-corrected chi connectivity index (χ4v) is 12.2. The Morgan fingerprint density at radius 1 is 0.823 bits per heavy atom. The van der Waals surface area contributed by atoms with Gasteiger partial charge in [-0.3, -0.25) is 77.6 Å². The number of aromatic nitrogens is 1. The topological polar surface area (TPSA) is 342 Å². The van der Waals surface area contributed by atoms with E-state index in [9.17, 15) is 63.0 Å². The number of aliphatic carboxylic acids is 1. The number of likely N-dealkylation sites (tertiary alicyclic amines) is 1. The highest BCUT2D eigenvalue weighted by Gasteiger charge is 2.43. The Hall–Kier alpha value is -7.92. The Balaban J connectivity index is 0.931. The summed E-state index contributed by atoms with van der Waals surface area (Å²) in [6.45, 7) is 11.2. The van der Waals surface area contributed by atoms with Crippen molar-refractivity contribution in [1.29, 1.82) is 5.26 Å². The molecule has 30 heteroatoms. The number of thioether (sulfide) groups is 1. The number of carboxylic acid groups (broad SMARTS) is 1. The van der Waals surface area contributed by atoms with Crippen LogP contribution in [0.3, 0.4) is 0 Å². The van der Waals surface area contributed by atoms with E-state index in [1.165, 1.54) is 36.5 Å². The molecule has 3 aliphatic rings. The monoisotopic (exact) mass is 1360 g/mol. The molecule has 6 rings (SSSR count). The molecule has 0 bridgehead atoms. The number of pyridine rings is 1. The number of aliphatic imine (C=N–C) groups is 1. The minimum atomic E-state index is -1.68. The summed E-state index contributed by atoms with van der Waals surface area (Å²) in [7, 11) is 0. The van der Waals surface area contributed by atoms with Crippen LogP contribution in [0.1, 0.15) is 86.7 Å². The number of benzene rings is 2. The minimum absolute atomic E-state index is 0.0141. The molecule has 2 aromatic carbocycles. The first-order chi connectivity index (χ1) is 46.2. The van der Waals surface area contributed by atoms with E-state index in [0.717, 1.165) is 36.3 Å². The van der Waals surface area contributed by atoms with Crippen molar-refractivity contribution in [2.45, 2.75) is 102 Å². The molecule has 6 amide bonds. The second-order valence-electron chi connectivity index (χ2n) is 24.5. The lowest BCUT2D eigenvalue weighted by Gasteiger charge is -2.35. The van der Waals surface area contributed by atoms with Gasteiger partial charge in [0.15, 0.2) is 0 Å². The van der Waals surface area contributed by atoms with Crippen LogP contribution in [-0.4, -0.2) is 289 Å². The number of carbonyl (C=O) groups is 9. The number of nitrogens with zero attached hydrogens (tertiary/aromatic N) is 10. The van der Waals surface area contributed by atoms with Crippen LogP contribution in [0, 0.1) is 18.3 Å². The lowest BCUT2D eigenvalue weighted by atomic mass is 10.1. The Morgan fingerprint density at radius 2 is 1.48 bits per heavy atom. The summed E-state index contributed by atoms with van der Waals surface area (Å²) in [5.41, 5.74) is 1.48. The summed E-state index contributed by atoms with van der Waals surface area (Å²) in [6, 6.07) is 15.1. The molecular weight excluding hydrogens is 1260 g/mol. The van der Waals surface area contributed by atoms with Gasteiger partial charge in [-0.1, -0.05) is 29.8 Å². The zero-order valence-electron chi connectivity index (χ0n) is 55.5. The molecule has 0 aliphatic carbocycles. The number of amides is 6. The zero-order valence-corrected chi connectivity index (χ0v) is 56.3. The van der Waals surface area contributed by atoms with Gasteiger partial charge in [-0.2, -0.15) is 17.0 Å². The summed E-state index contributed by atoms with van der Waals surface area (Å²) in [4.78, 5) is 135. The number of hydrogen-bond acceptors (Lipinski definition) is 22. The molecule has 4 atom stereocenters. The highest BCUT2D eigenvalue weighted by atomic mass is 32.2. The van der Waals surface area contributed by atoms with Crippen molar-refractivity contribution in [2.75, 3.05) is 156 Å². The van der Waals surface area contributed by atoms with Gasteiger partial charge in [0.05, 0.1) is 55.8 Å². The van der Waals surface area contributed by atoms with Gasteiger partial charge in [-0.25, -0.2) is 4.39 Å². The number of nitrogens with one attached hydrogen (secondary N) is 4. The number of amidine groups is 1. The Morgan fingerprint density at radius 3 is 2.14 bits per heavy atom. The first-order valence-electron chi connectivity index (χ1n) is 32.8. The number of unbranched alkanes of at least 4 members (excludes halogenated alkanes) is 2. The third kappa shape index (κ3) is 27.7. The van der Waals surface area contributed by atoms with Gasteiger partial charge in [0.1, 0.15) is 43.1 Å². The van der Waals surface area contributed by atoms with Crippen molar-refractivity contribution in [3.05, 3.63) is 71.4 Å². The van der Waals surface area contributed by atoms with Crippen LogP contribution in [0.5, 0.6) is 5.75 Å². The van der Waals surface area contributed by atoms with E-state index in [1.54, 1.807) is 34.9 Å². The molecule has 0 radical (unpaired) electrons. The number of aliphatic hydroxyl groups excluding tert-OH is 1. The van der Waals surface area contributed by atoms with Gasteiger partial charge in [0.2, 0.25) is 23.6 Å². The van der Waals surface area contributed by atoms with Gasteiger partial charge < -0.3 is 55.5 Å². The number of ether oxygens (including phenoxy) is 3. The number of piperazine rings is 1. The highest BCUT2D eigenvalue weighted by molar-refractivity contribution is 7.99. The van der Waals surface area contributed by atoms with E-state index in [2.05, 4.69) is 48.3 Å². The smallest absolute Gasteiger partial charge is 0.317 e. The predicted molar refractivity (Wildman–Crippen MR) is 357 cm³/mol. The highest BCUT2D eigenvalue weighted by Crippen LogP contribution is 2.30. The van der Waals surface area contributed by atoms with Crippen LogP contribution in [0.15, 0.2) is 59.7 Å². The molecule has 3 aromatic rings. The predicted octanol–water partition coefficient (Wildman–Crippen LogP) is 1.42. The lowest BCUT2D eigenvalue weighted by Crippen LogP contribution is -2.52. The van der Waals surface area contributed by atoms with E-state index in [-0.39, 0.29) is 88.7 Å². The van der Waals surface area contributed by atoms with Gasteiger partial charge in [-0.05, 0) is 102 Å². The van der Waals surface area contributed by atoms with Crippen LogP contribution < -0.4 is 26.0 Å². The number of fused-ring (bicyclic) bond motifs is 1. The molecular formula is C66H95FN14O14S. The van der Waals surface area contributed by atoms with Gasteiger partial charge >= 0.3 is 5.97 Å². The summed E-state index contributed by atoms with van der Waals surface area (Å²) < 4.78 is 30.7. The maximum atomic E-state index is 14.6. The Bertz CT molecular complexity index is 3100. The van der Waals surface area contributed by atoms with Gasteiger partial charge in [-0.15, -0.1) is 0 Å². The molecule has 0 spiro atoms. The number of carboxylic acids is 1. The minimum Gasteiger partial charge on any atom is -0.494 e. The molecule has 526 valence electrons. The normalized spacial score (nSPS) is 18.8. The largest absolute Gasteiger partial charge is 0.494 e. The average Bonchev–Trinajstić information content (AvgIpc) is 1.21. The summed E-state index contributed by atoms with van der Waals surface area (Å²) >= 11 is 1.31. The van der Waals surface area contributed by atoms with E-state index in [1.807, 2.05) is 39.8 Å². The van der Waals surface area contributed by atoms with Crippen molar-refractivity contribution >= 4 is 82.9 Å². The van der Waals surface area contributed by atoms with Gasteiger partial charge in [0, 0.05) is 128 Å². The number of rotatable bonds is 36. The Labute approximate surface area is 564 Å². The van der Waals surface area contributed by atoms with Crippen molar-refractivity contribution in [3.8, 4) is 11.8 Å². The van der Waals surface area contributed by atoms with Gasteiger partial charge in [0.25, 0.3) is 24.8 Å². The fourth-order valence-electron chi connectivity index (χ4n) is 11.4. The van der Waals surface area contributed by atoms with E-state index in [0.29, 0.717) is 145 Å². The van der Waals surface area contributed by atoms with E-state index < -0.39 is 60.0 Å². The number of aliphatic hydroxyl groups is 1. The lowest BCUT2D eigenvalue weighted by molar-refractivity contribution is -0.141. The van der Waals surface area contributed by atoms with Crippen LogP contribution >= 0.6 is 11.8 Å². The maximum absolute atomic E-state index is 14.6. The van der Waals surface area contributed by atoms with E-state index >= 15 is 0 Å². The van der Waals surface area contributed by atoms with Crippen molar-refractivity contribution in [3.63, 3.8) is 0 Å². The number of hydrogen-bond donors (Lipinski definition) is 6. The van der Waals surface area contributed by atoms with E-state index in [4.69, 9.17) is 14.2 Å². The second kappa shape index (κ2) is 41.2. The number of carbonyl (C=O) groups excluding carboxylic acids is 8. The quantitative estimate of drug-likeness (QED) is 0.0207. The SMILES string of the molecule is CC(=NCCCCC(NC(=O)CN1CCN(COC=O)CCN(COC=O)CCN(CC(=O)O)CC1)C(=O)NCCSC[C@@H](O)C(=O)N1CCN(CCCCOc2ccc3nccc(C(=O)NCC(=O)N4CC(C)(F)C[C@@H]4C#N)c3c2)CC1)NC(=O)CCCc1ccc(C)cc1. The summed E-state index contributed by atoms with van der Waals surface area (Å²) in [5, 5.41) is 41.9. The molecule has 3 saturated heterocycles. The molecule has 0 saturated carbocycles. The second-order valence-corrected chi connectivity index (χ2v) is 25.7. The fraction of sp³-hybridized carbons (Fsp3) is 0.606. The van der Waals surface area contributed by atoms with Crippen molar-refractivity contribution in [2.24, 2.45) is 4.99 Å². The van der Waals surface area contributed by atoms with Crippen LogP contribution in [0.4, 0.5) is 4.39 Å². The number of nitriles is 1. The third-order valence-corrected chi connectivity index (χ3v) is 17.8. The number of aryl methyl sites for hydroxylation is 2. The van der Waals surface area contributed by atoms with Crippen molar-refractivity contribution < 1.29 is 72.0 Å². The zero-order chi connectivity index (χ0) is 69.2. The van der Waals surface area contributed by atoms with Crippen LogP contribution in [0.2, 0.25) is 0 Å². The molecule has 3 fully saturated rings. The average molecular weight is 1360 g/mol. The molecule has 3 aliphatic heterocycles. The standard InChI is InChI=1S/C66H95FN14O14S/c1-49-12-14-51(15-13-49)9-8-11-59(85)73-50(2)69-19-5-4-10-57(74-60(86)41-76-23-24-77(42-62(88)89)26-28-79(46-94-48-83)30-29-78(27-25-76)45-93-47-82)64(91)71-21-36-96-43-58(84)65(92)80-33-31-75(32-34-80)22-6-7-35-95-53-16-17-56-55(37-53)54(18-20-70-56)63(90)72-40-61(87)81-44-66(3,67)38-52(81)39-68/h12-18,20,37,47-48,52,57-58,84H,4-11,19,21-36,38,40-46H2,1-3H3,(H,71,91)(H,72,90)(H,74,86)(H,88,89)(H,69,73,85)/t52-,57?,58-,66?/m1/s1. The van der Waals surface area contributed by atoms with Crippen LogP contribution in [0.25, 0.3) is 10.9 Å². The molecule has 28 nitrogen and oxygen atoms in total. The molecule has 2 unspecified atom stereocenters. The summed E-state index contributed by atoms with van der Waals surface area (Å²) in [6.07, 6.45) is 4.78. The molecule has 6 N–H and O–H groups in total. The first kappa shape index (κ1) is 77.1. The third-order valence-electron chi connectivity index (χ3n) is 16.8. The molecule has 96 heavy (non-hydrogen) atoms. The maximum Gasteiger partial charge on any atom is 0.317 e. The van der Waals surface area contributed by atoms with Crippen LogP contribution in [-0.2, 0) is 54.3 Å². The Kier molecular flexibility index (Phi) is 33.1. The number of halogens is 1. The van der Waals surface area contributed by atoms with Crippen molar-refractivity contribution in [1.82, 2.24) is 60.6 Å². The first-order valence-corrected chi connectivity index (χ1v) is 34.0. The number of alkyl halides is 1. The molecule has 1 aromatic heterocycles.